The normalized spacial score (nSPS) is 56.8. The highest BCUT2D eigenvalue weighted by Gasteiger charge is 2.63. The minimum Gasteiger partial charge on any atom is -0.228 e. The molecule has 56 valence electrons. The van der Waals surface area contributed by atoms with Crippen LogP contribution < -0.4 is 0 Å². The average Bonchev–Trinajstić information content (AvgIpc) is 2.81. The monoisotopic (exact) mass is 149 g/mol. The molecule has 2 bridgehead atoms. The summed E-state index contributed by atoms with van der Waals surface area (Å²) in [6, 6.07) is 2.28. The van der Waals surface area contributed by atoms with Crippen molar-refractivity contribution in [2.75, 3.05) is 0 Å². The van der Waals surface area contributed by atoms with Gasteiger partial charge in [-0.2, -0.15) is 5.26 Å². The summed E-state index contributed by atoms with van der Waals surface area (Å²) in [5.41, 5.74) is 0. The molecule has 0 aromatic heterocycles. The summed E-state index contributed by atoms with van der Waals surface area (Å²) in [6.45, 7) is 0. The van der Waals surface area contributed by atoms with Gasteiger partial charge in [-0.25, -0.2) is 9.78 Å². The predicted molar refractivity (Wildman–Crippen MR) is 35.0 cm³/mol. The van der Waals surface area contributed by atoms with E-state index in [4.69, 9.17) is 15.0 Å². The van der Waals surface area contributed by atoms with Gasteiger partial charge in [-0.3, -0.25) is 0 Å². The van der Waals surface area contributed by atoms with E-state index in [0.717, 1.165) is 0 Å². The van der Waals surface area contributed by atoms with Crippen molar-refractivity contribution in [2.45, 2.75) is 12.2 Å². The van der Waals surface area contributed by atoms with Crippen LogP contribution in [0.2, 0.25) is 0 Å². The van der Waals surface area contributed by atoms with Gasteiger partial charge in [0.05, 0.1) is 12.0 Å². The third-order valence-electron chi connectivity index (χ3n) is 2.81. The molecule has 0 N–H and O–H groups in total. The zero-order chi connectivity index (χ0) is 7.42. The molecule has 0 aromatic carbocycles. The van der Waals surface area contributed by atoms with Crippen LogP contribution in [0.25, 0.3) is 0 Å². The lowest BCUT2D eigenvalue weighted by Crippen LogP contribution is -2.32. The van der Waals surface area contributed by atoms with E-state index in [0.29, 0.717) is 11.8 Å². The van der Waals surface area contributed by atoms with Gasteiger partial charge in [0.2, 0.25) is 0 Å². The fraction of sp³-hybridized carbons (Fsp3) is 0.625. The first-order valence-corrected chi connectivity index (χ1v) is 3.82. The average molecular weight is 149 g/mol. The second-order valence-corrected chi connectivity index (χ2v) is 3.32. The highest BCUT2D eigenvalue weighted by molar-refractivity contribution is 5.25. The van der Waals surface area contributed by atoms with Gasteiger partial charge in [0.1, 0.15) is 12.2 Å². The number of rotatable bonds is 0. The molecule has 4 rings (SSSR count). The molecule has 11 heavy (non-hydrogen) atoms. The van der Waals surface area contributed by atoms with E-state index in [9.17, 15) is 0 Å². The van der Waals surface area contributed by atoms with Gasteiger partial charge < -0.3 is 0 Å². The molecule has 1 saturated carbocycles. The molecule has 4 aliphatic rings. The summed E-state index contributed by atoms with van der Waals surface area (Å²) in [4.78, 5) is 10.0. The maximum absolute atomic E-state index is 8.71. The predicted octanol–water partition coefficient (Wildman–Crippen LogP) is 0.641. The SMILES string of the molecule is N#CC1[C@@H]2[C@H]1[C@@H]1C=C[C@@H]2OO1. The van der Waals surface area contributed by atoms with Crippen LogP contribution >= 0.6 is 0 Å². The van der Waals surface area contributed by atoms with E-state index >= 15 is 0 Å². The Morgan fingerprint density at radius 3 is 2.00 bits per heavy atom. The Bertz CT molecular complexity index is 248. The topological polar surface area (TPSA) is 42.2 Å². The molecule has 2 heterocycles. The van der Waals surface area contributed by atoms with Crippen LogP contribution in [0.3, 0.4) is 0 Å². The molecule has 1 unspecified atom stereocenters. The van der Waals surface area contributed by atoms with Gasteiger partial charge >= 0.3 is 0 Å². The molecule has 3 nitrogen and oxygen atoms in total. The van der Waals surface area contributed by atoms with Crippen molar-refractivity contribution >= 4 is 0 Å². The van der Waals surface area contributed by atoms with Gasteiger partial charge in [-0.15, -0.1) is 0 Å². The lowest BCUT2D eigenvalue weighted by molar-refractivity contribution is -0.364. The second kappa shape index (κ2) is 1.66. The Kier molecular flexibility index (Phi) is 0.867. The Labute approximate surface area is 64.1 Å². The Hall–Kier alpha value is -0.850. The summed E-state index contributed by atoms with van der Waals surface area (Å²) in [5.74, 6) is 1.01. The standard InChI is InChI=1S/C8H7NO2/c9-3-4-7-5-1-2-6(8(4)7)11-10-5/h1-2,4-8H/t4?,5-,6-,7-,8+/m0/s1. The quantitative estimate of drug-likeness (QED) is 0.375. The number of fused-ring (bicyclic) bond motifs is 1. The number of nitrogens with zero attached hydrogens (tertiary/aromatic N) is 1. The molecular formula is C8H7NO2. The fourth-order valence-electron chi connectivity index (χ4n) is 2.17. The third kappa shape index (κ3) is 0.550. The summed E-state index contributed by atoms with van der Waals surface area (Å²) in [5, 5.41) is 8.71. The molecule has 2 aliphatic carbocycles. The first-order valence-electron chi connectivity index (χ1n) is 3.82. The molecule has 0 radical (unpaired) electrons. The van der Waals surface area contributed by atoms with Crippen LogP contribution in [0.15, 0.2) is 12.2 Å². The van der Waals surface area contributed by atoms with Crippen molar-refractivity contribution in [2.24, 2.45) is 17.8 Å². The molecule has 2 aliphatic heterocycles. The van der Waals surface area contributed by atoms with Crippen molar-refractivity contribution in [3.8, 4) is 6.07 Å². The van der Waals surface area contributed by atoms with E-state index in [-0.39, 0.29) is 18.1 Å². The molecule has 2 fully saturated rings. The van der Waals surface area contributed by atoms with Crippen LogP contribution in [0, 0.1) is 29.1 Å². The van der Waals surface area contributed by atoms with Crippen molar-refractivity contribution < 1.29 is 9.78 Å². The second-order valence-electron chi connectivity index (χ2n) is 3.32. The maximum atomic E-state index is 8.71. The number of hydrogen-bond donors (Lipinski definition) is 0. The van der Waals surface area contributed by atoms with Crippen molar-refractivity contribution in [3.63, 3.8) is 0 Å². The first kappa shape index (κ1) is 5.76. The number of hydrogen-bond acceptors (Lipinski definition) is 3. The van der Waals surface area contributed by atoms with E-state index < -0.39 is 0 Å². The summed E-state index contributed by atoms with van der Waals surface area (Å²) >= 11 is 0. The van der Waals surface area contributed by atoms with Crippen LogP contribution in [0.5, 0.6) is 0 Å². The van der Waals surface area contributed by atoms with Gasteiger partial charge in [0.25, 0.3) is 0 Å². The van der Waals surface area contributed by atoms with Crippen LogP contribution in [0.1, 0.15) is 0 Å². The Balaban J connectivity index is 1.97. The van der Waals surface area contributed by atoms with Crippen molar-refractivity contribution in [3.05, 3.63) is 12.2 Å². The molecule has 0 spiro atoms. The zero-order valence-electron chi connectivity index (χ0n) is 5.81. The molecule has 5 atom stereocenters. The number of nitriles is 1. The minimum atomic E-state index is 0.0506. The summed E-state index contributed by atoms with van der Waals surface area (Å²) in [7, 11) is 0. The highest BCUT2D eigenvalue weighted by Crippen LogP contribution is 2.57. The summed E-state index contributed by atoms with van der Waals surface area (Å²) < 4.78 is 0. The van der Waals surface area contributed by atoms with Gasteiger partial charge in [-0.1, -0.05) is 12.2 Å². The van der Waals surface area contributed by atoms with E-state index in [1.807, 2.05) is 12.2 Å². The zero-order valence-corrected chi connectivity index (χ0v) is 5.81. The van der Waals surface area contributed by atoms with Gasteiger partial charge in [-0.05, 0) is 0 Å². The van der Waals surface area contributed by atoms with Crippen LogP contribution in [0.4, 0.5) is 0 Å². The fourth-order valence-corrected chi connectivity index (χ4v) is 2.17. The first-order chi connectivity index (χ1) is 5.42. The van der Waals surface area contributed by atoms with E-state index in [2.05, 4.69) is 6.07 Å². The Morgan fingerprint density at radius 2 is 1.64 bits per heavy atom. The van der Waals surface area contributed by atoms with Crippen LogP contribution in [-0.4, -0.2) is 12.2 Å². The van der Waals surface area contributed by atoms with Crippen molar-refractivity contribution in [1.82, 2.24) is 0 Å². The lowest BCUT2D eigenvalue weighted by Gasteiger charge is -2.27. The molecular weight excluding hydrogens is 142 g/mol. The highest BCUT2D eigenvalue weighted by atomic mass is 17.2. The maximum Gasteiger partial charge on any atom is 0.116 e. The minimum absolute atomic E-state index is 0.0506. The van der Waals surface area contributed by atoms with Gasteiger partial charge in [0, 0.05) is 11.8 Å². The molecule has 0 amide bonds. The van der Waals surface area contributed by atoms with E-state index in [1.54, 1.807) is 0 Å². The third-order valence-corrected chi connectivity index (χ3v) is 2.81. The van der Waals surface area contributed by atoms with E-state index in [1.165, 1.54) is 0 Å². The molecule has 1 saturated heterocycles. The largest absolute Gasteiger partial charge is 0.228 e. The molecule has 3 heteroatoms. The van der Waals surface area contributed by atoms with Gasteiger partial charge in [0.15, 0.2) is 0 Å². The molecule has 0 aromatic rings. The smallest absolute Gasteiger partial charge is 0.116 e. The van der Waals surface area contributed by atoms with Crippen LogP contribution in [-0.2, 0) is 9.78 Å². The van der Waals surface area contributed by atoms with Crippen molar-refractivity contribution in [1.29, 1.82) is 5.26 Å². The summed E-state index contributed by atoms with van der Waals surface area (Å²) in [6.07, 6.45) is 4.11. The lowest BCUT2D eigenvalue weighted by atomic mass is 10.0. The Morgan fingerprint density at radius 1 is 1.09 bits per heavy atom.